The number of pyridine rings is 1. The first kappa shape index (κ1) is 22.1. The molecule has 4 aromatic rings. The van der Waals surface area contributed by atoms with Crippen LogP contribution < -0.4 is 21.1 Å². The maximum absolute atomic E-state index is 12.5. The second kappa shape index (κ2) is 9.24. The van der Waals surface area contributed by atoms with Gasteiger partial charge in [-0.2, -0.15) is 13.9 Å². The predicted molar refractivity (Wildman–Crippen MR) is 127 cm³/mol. The Balaban J connectivity index is 1.49. The lowest BCUT2D eigenvalue weighted by Gasteiger charge is -2.14. The topological polar surface area (TPSA) is 102 Å². The second-order valence-corrected chi connectivity index (χ2v) is 7.97. The van der Waals surface area contributed by atoms with Crippen LogP contribution in [-0.2, 0) is 0 Å². The molecule has 0 spiro atoms. The van der Waals surface area contributed by atoms with Crippen molar-refractivity contribution < 1.29 is 13.5 Å². The van der Waals surface area contributed by atoms with Crippen LogP contribution in [0.25, 0.3) is 22.5 Å². The van der Waals surface area contributed by atoms with Gasteiger partial charge in [-0.05, 0) is 48.9 Å². The number of halogens is 3. The number of nitrogens with one attached hydrogen (secondary N) is 2. The molecule has 0 saturated heterocycles. The minimum absolute atomic E-state index is 0.0322. The number of ether oxygens (including phenoxy) is 1. The second-order valence-electron chi connectivity index (χ2n) is 7.61. The van der Waals surface area contributed by atoms with Crippen molar-refractivity contribution in [3.63, 3.8) is 0 Å². The summed E-state index contributed by atoms with van der Waals surface area (Å²) in [6, 6.07) is 11.7. The third kappa shape index (κ3) is 4.50. The number of hydrogen-bond acceptors (Lipinski definition) is 7. The Bertz CT molecular complexity index is 1390. The molecule has 0 aliphatic carbocycles. The Hall–Kier alpha value is -3.76. The quantitative estimate of drug-likeness (QED) is 0.340. The van der Waals surface area contributed by atoms with E-state index < -0.39 is 6.61 Å². The molecule has 5 rings (SSSR count). The van der Waals surface area contributed by atoms with Crippen molar-refractivity contribution in [1.82, 2.24) is 24.9 Å². The molecule has 0 saturated carbocycles. The summed E-state index contributed by atoms with van der Waals surface area (Å²) in [4.78, 5) is 8.70. The van der Waals surface area contributed by atoms with E-state index in [4.69, 9.17) is 22.4 Å². The van der Waals surface area contributed by atoms with E-state index in [0.29, 0.717) is 34.1 Å². The Kier molecular flexibility index (Phi) is 5.99. The van der Waals surface area contributed by atoms with E-state index in [1.807, 2.05) is 12.1 Å². The van der Waals surface area contributed by atoms with Crippen molar-refractivity contribution in [2.24, 2.45) is 0 Å². The first-order valence-electron chi connectivity index (χ1n) is 10.5. The molecular weight excluding hydrogens is 464 g/mol. The van der Waals surface area contributed by atoms with E-state index in [1.54, 1.807) is 28.9 Å². The van der Waals surface area contributed by atoms with Gasteiger partial charge in [-0.1, -0.05) is 23.7 Å². The molecule has 0 amide bonds. The highest BCUT2D eigenvalue weighted by molar-refractivity contribution is 6.32. The molecular formula is C23H20ClF2N7O. The van der Waals surface area contributed by atoms with Crippen LogP contribution >= 0.6 is 11.6 Å². The summed E-state index contributed by atoms with van der Waals surface area (Å²) < 4.78 is 31.3. The van der Waals surface area contributed by atoms with Gasteiger partial charge in [-0.25, -0.2) is 14.5 Å². The lowest BCUT2D eigenvalue weighted by molar-refractivity contribution is -0.0498. The van der Waals surface area contributed by atoms with Crippen LogP contribution in [0.2, 0.25) is 5.15 Å². The Morgan fingerprint density at radius 2 is 2.09 bits per heavy atom. The molecule has 0 fully saturated rings. The van der Waals surface area contributed by atoms with Crippen molar-refractivity contribution in [3.8, 4) is 17.0 Å². The van der Waals surface area contributed by atoms with Gasteiger partial charge in [0.05, 0.1) is 11.4 Å². The standard InChI is InChI=1S/C23H20ClF2N7O/c24-21-18(30-15-2-1-3-16(11-15)34-23(25)26)10-14(12-29-21)17-4-5-19-31-22(27)20(33(19)32-17)13-6-8-28-9-7-13/h1-6,10-12,23,28,30H,7-9,27H2. The number of benzene rings is 1. The molecule has 0 unspecified atom stereocenters. The highest BCUT2D eigenvalue weighted by atomic mass is 35.5. The summed E-state index contributed by atoms with van der Waals surface area (Å²) >= 11 is 6.29. The van der Waals surface area contributed by atoms with Gasteiger partial charge in [0.25, 0.3) is 0 Å². The number of aromatic nitrogens is 4. The lowest BCUT2D eigenvalue weighted by atomic mass is 10.1. The summed E-state index contributed by atoms with van der Waals surface area (Å²) in [5.41, 5.74) is 11.1. The smallest absolute Gasteiger partial charge is 0.387 e. The summed E-state index contributed by atoms with van der Waals surface area (Å²) in [6.45, 7) is -1.29. The average molecular weight is 484 g/mol. The molecule has 1 aromatic carbocycles. The van der Waals surface area contributed by atoms with Gasteiger partial charge in [-0.3, -0.25) is 0 Å². The number of nitrogens with zero attached hydrogens (tertiary/aromatic N) is 4. The normalized spacial score (nSPS) is 13.8. The highest BCUT2D eigenvalue weighted by Crippen LogP contribution is 2.31. The van der Waals surface area contributed by atoms with Crippen LogP contribution in [-0.4, -0.2) is 39.3 Å². The number of nitrogens with two attached hydrogens (primary N) is 1. The number of rotatable bonds is 6. The lowest BCUT2D eigenvalue weighted by Crippen LogP contribution is -2.21. The third-order valence-corrected chi connectivity index (χ3v) is 5.65. The average Bonchev–Trinajstić information content (AvgIpc) is 3.16. The molecule has 8 nitrogen and oxygen atoms in total. The number of imidazole rings is 1. The molecule has 0 atom stereocenters. The fourth-order valence-electron chi connectivity index (χ4n) is 3.82. The molecule has 174 valence electrons. The molecule has 0 bridgehead atoms. The van der Waals surface area contributed by atoms with E-state index in [0.717, 1.165) is 30.8 Å². The Labute approximate surface area is 198 Å². The maximum Gasteiger partial charge on any atom is 0.387 e. The van der Waals surface area contributed by atoms with Crippen molar-refractivity contribution >= 4 is 40.0 Å². The number of nitrogen functional groups attached to an aromatic ring is 1. The van der Waals surface area contributed by atoms with Gasteiger partial charge in [0.1, 0.15) is 11.4 Å². The van der Waals surface area contributed by atoms with E-state index in [1.165, 1.54) is 12.1 Å². The van der Waals surface area contributed by atoms with Crippen LogP contribution in [0.4, 0.5) is 26.0 Å². The minimum atomic E-state index is -2.91. The Morgan fingerprint density at radius 1 is 1.21 bits per heavy atom. The van der Waals surface area contributed by atoms with E-state index in [9.17, 15) is 8.78 Å². The monoisotopic (exact) mass is 483 g/mol. The van der Waals surface area contributed by atoms with Gasteiger partial charge in [-0.15, -0.1) is 0 Å². The highest BCUT2D eigenvalue weighted by Gasteiger charge is 2.18. The first-order chi connectivity index (χ1) is 16.5. The summed E-state index contributed by atoms with van der Waals surface area (Å²) in [5, 5.41) is 11.4. The van der Waals surface area contributed by atoms with Crippen molar-refractivity contribution in [2.75, 3.05) is 24.1 Å². The van der Waals surface area contributed by atoms with Crippen LogP contribution in [0, 0.1) is 0 Å². The van der Waals surface area contributed by atoms with Crippen LogP contribution in [0.15, 0.2) is 54.7 Å². The zero-order valence-electron chi connectivity index (χ0n) is 17.8. The molecule has 0 radical (unpaired) electrons. The fraction of sp³-hybridized carbons (Fsp3) is 0.174. The molecule has 1 aliphatic heterocycles. The SMILES string of the molecule is Nc1nc2ccc(-c3cnc(Cl)c(Nc4cccc(OC(F)F)c4)c3)nn2c1C1=CCNCC1. The van der Waals surface area contributed by atoms with E-state index in [2.05, 4.69) is 31.4 Å². The number of fused-ring (bicyclic) bond motifs is 1. The zero-order chi connectivity index (χ0) is 23.7. The Morgan fingerprint density at radius 3 is 2.88 bits per heavy atom. The molecule has 11 heteroatoms. The van der Waals surface area contributed by atoms with Gasteiger partial charge in [0.2, 0.25) is 0 Å². The van der Waals surface area contributed by atoms with Gasteiger partial charge in [0, 0.05) is 30.1 Å². The van der Waals surface area contributed by atoms with Gasteiger partial charge >= 0.3 is 6.61 Å². The molecule has 34 heavy (non-hydrogen) atoms. The van der Waals surface area contributed by atoms with E-state index >= 15 is 0 Å². The van der Waals surface area contributed by atoms with Crippen molar-refractivity contribution in [1.29, 1.82) is 0 Å². The molecule has 4 N–H and O–H groups in total. The largest absolute Gasteiger partial charge is 0.435 e. The minimum Gasteiger partial charge on any atom is -0.435 e. The van der Waals surface area contributed by atoms with Crippen LogP contribution in [0.3, 0.4) is 0 Å². The van der Waals surface area contributed by atoms with Gasteiger partial charge in [0.15, 0.2) is 16.6 Å². The summed E-state index contributed by atoms with van der Waals surface area (Å²) in [5.74, 6) is 0.463. The third-order valence-electron chi connectivity index (χ3n) is 5.35. The predicted octanol–water partition coefficient (Wildman–Crippen LogP) is 4.75. The molecule has 3 aromatic heterocycles. The number of alkyl halides is 2. The fourth-order valence-corrected chi connectivity index (χ4v) is 3.97. The van der Waals surface area contributed by atoms with Crippen molar-refractivity contribution in [2.45, 2.75) is 13.0 Å². The van der Waals surface area contributed by atoms with E-state index in [-0.39, 0.29) is 10.9 Å². The van der Waals surface area contributed by atoms with Gasteiger partial charge < -0.3 is 21.1 Å². The first-order valence-corrected chi connectivity index (χ1v) is 10.9. The summed E-state index contributed by atoms with van der Waals surface area (Å²) in [6.07, 6.45) is 4.53. The van der Waals surface area contributed by atoms with Crippen LogP contribution in [0.1, 0.15) is 12.1 Å². The summed E-state index contributed by atoms with van der Waals surface area (Å²) in [7, 11) is 0. The van der Waals surface area contributed by atoms with Crippen LogP contribution in [0.5, 0.6) is 5.75 Å². The number of anilines is 3. The van der Waals surface area contributed by atoms with Crippen molar-refractivity contribution in [3.05, 3.63) is 65.6 Å². The molecule has 4 heterocycles. The molecule has 1 aliphatic rings. The zero-order valence-corrected chi connectivity index (χ0v) is 18.6. The number of hydrogen-bond donors (Lipinski definition) is 3. The maximum atomic E-state index is 12.5.